The standard InChI is InChI=1S/C19H22ClN5O2/c1-3-4-5-10-25-17(26)15-16(22(2)19(25)27)21-18-23(11-12-24(15)18)14-8-6-13(20)7-9-14/h6-9H,3-5,10-12H2,1-2H3. The summed E-state index contributed by atoms with van der Waals surface area (Å²) < 4.78 is 4.74. The number of fused-ring (bicyclic) bond motifs is 3. The molecular weight excluding hydrogens is 366 g/mol. The molecular formula is C19H22ClN5O2. The molecule has 0 N–H and O–H groups in total. The SMILES string of the molecule is CCCCCn1c(=O)c2c(nc3n2CCN3c2ccc(Cl)cc2)n(C)c1=O. The van der Waals surface area contributed by atoms with Gasteiger partial charge in [0, 0.05) is 37.4 Å². The molecule has 0 atom stereocenters. The Kier molecular flexibility index (Phi) is 4.55. The Labute approximate surface area is 161 Å². The number of nitrogens with zero attached hydrogens (tertiary/aromatic N) is 5. The number of rotatable bonds is 5. The van der Waals surface area contributed by atoms with E-state index in [0.29, 0.717) is 35.2 Å². The van der Waals surface area contributed by atoms with Gasteiger partial charge in [-0.1, -0.05) is 31.4 Å². The van der Waals surface area contributed by atoms with Crippen LogP contribution in [-0.2, 0) is 20.1 Å². The van der Waals surface area contributed by atoms with Crippen LogP contribution >= 0.6 is 11.6 Å². The van der Waals surface area contributed by atoms with Gasteiger partial charge < -0.3 is 9.47 Å². The Morgan fingerprint density at radius 3 is 2.56 bits per heavy atom. The summed E-state index contributed by atoms with van der Waals surface area (Å²) in [5, 5.41) is 0.670. The monoisotopic (exact) mass is 387 g/mol. The van der Waals surface area contributed by atoms with Crippen LogP contribution in [0.2, 0.25) is 5.02 Å². The largest absolute Gasteiger partial charge is 0.332 e. The molecule has 0 bridgehead atoms. The lowest BCUT2D eigenvalue weighted by Crippen LogP contribution is -2.39. The molecule has 0 radical (unpaired) electrons. The Hall–Kier alpha value is -2.54. The van der Waals surface area contributed by atoms with Crippen molar-refractivity contribution in [2.24, 2.45) is 7.05 Å². The number of hydrogen-bond donors (Lipinski definition) is 0. The molecule has 0 saturated carbocycles. The van der Waals surface area contributed by atoms with Gasteiger partial charge >= 0.3 is 5.69 Å². The van der Waals surface area contributed by atoms with Crippen molar-refractivity contribution in [1.29, 1.82) is 0 Å². The summed E-state index contributed by atoms with van der Waals surface area (Å²) >= 11 is 5.99. The van der Waals surface area contributed by atoms with E-state index in [-0.39, 0.29) is 11.2 Å². The van der Waals surface area contributed by atoms with Crippen LogP contribution in [0.25, 0.3) is 11.2 Å². The fourth-order valence-electron chi connectivity index (χ4n) is 3.66. The van der Waals surface area contributed by atoms with E-state index in [1.165, 1.54) is 9.13 Å². The molecule has 3 aromatic rings. The molecule has 0 fully saturated rings. The van der Waals surface area contributed by atoms with Gasteiger partial charge in [0.2, 0.25) is 5.95 Å². The van der Waals surface area contributed by atoms with Gasteiger partial charge in [0.15, 0.2) is 11.2 Å². The lowest BCUT2D eigenvalue weighted by Gasteiger charge is -2.15. The van der Waals surface area contributed by atoms with Crippen LogP contribution in [0.1, 0.15) is 26.2 Å². The summed E-state index contributed by atoms with van der Waals surface area (Å²) in [5.74, 6) is 0.686. The van der Waals surface area contributed by atoms with Crippen molar-refractivity contribution in [2.45, 2.75) is 39.3 Å². The molecule has 142 valence electrons. The summed E-state index contributed by atoms with van der Waals surface area (Å²) in [6.07, 6.45) is 2.84. The van der Waals surface area contributed by atoms with Gasteiger partial charge in [-0.15, -0.1) is 0 Å². The Balaban J connectivity index is 1.85. The number of anilines is 2. The lowest BCUT2D eigenvalue weighted by molar-refractivity contribution is 0.549. The third-order valence-corrected chi connectivity index (χ3v) is 5.38. The van der Waals surface area contributed by atoms with Gasteiger partial charge in [0.1, 0.15) is 0 Å². The summed E-state index contributed by atoms with van der Waals surface area (Å²) in [4.78, 5) is 32.4. The number of halogens is 1. The number of unbranched alkanes of at least 4 members (excludes halogenated alkanes) is 2. The minimum Gasteiger partial charge on any atom is -0.310 e. The Morgan fingerprint density at radius 2 is 1.85 bits per heavy atom. The third-order valence-electron chi connectivity index (χ3n) is 5.12. The average molecular weight is 388 g/mol. The molecule has 7 nitrogen and oxygen atoms in total. The fourth-order valence-corrected chi connectivity index (χ4v) is 3.79. The van der Waals surface area contributed by atoms with Crippen LogP contribution in [0.5, 0.6) is 0 Å². The maximum absolute atomic E-state index is 13.1. The molecule has 2 aromatic heterocycles. The average Bonchev–Trinajstić information content (AvgIpc) is 3.23. The minimum atomic E-state index is -0.307. The predicted molar refractivity (Wildman–Crippen MR) is 107 cm³/mol. The van der Waals surface area contributed by atoms with E-state index in [4.69, 9.17) is 11.6 Å². The van der Waals surface area contributed by atoms with Crippen LogP contribution in [0.4, 0.5) is 11.6 Å². The summed E-state index contributed by atoms with van der Waals surface area (Å²) in [5.41, 5.74) is 1.34. The van der Waals surface area contributed by atoms with Crippen molar-refractivity contribution in [1.82, 2.24) is 18.7 Å². The lowest BCUT2D eigenvalue weighted by atomic mass is 10.2. The summed E-state index contributed by atoms with van der Waals surface area (Å²) in [7, 11) is 1.68. The maximum atomic E-state index is 13.1. The molecule has 1 aromatic carbocycles. The highest BCUT2D eigenvalue weighted by atomic mass is 35.5. The number of hydrogen-bond acceptors (Lipinski definition) is 4. The maximum Gasteiger partial charge on any atom is 0.332 e. The van der Waals surface area contributed by atoms with E-state index in [9.17, 15) is 9.59 Å². The highest BCUT2D eigenvalue weighted by Crippen LogP contribution is 2.32. The van der Waals surface area contributed by atoms with Crippen molar-refractivity contribution in [3.05, 3.63) is 50.1 Å². The smallest absolute Gasteiger partial charge is 0.310 e. The summed E-state index contributed by atoms with van der Waals surface area (Å²) in [6, 6.07) is 7.52. The van der Waals surface area contributed by atoms with E-state index in [2.05, 4.69) is 11.9 Å². The van der Waals surface area contributed by atoms with Gasteiger partial charge in [-0.3, -0.25) is 13.9 Å². The first-order valence-electron chi connectivity index (χ1n) is 9.26. The normalized spacial score (nSPS) is 13.5. The molecule has 27 heavy (non-hydrogen) atoms. The van der Waals surface area contributed by atoms with Crippen molar-refractivity contribution in [3.8, 4) is 0 Å². The van der Waals surface area contributed by atoms with Gasteiger partial charge in [-0.05, 0) is 30.7 Å². The van der Waals surface area contributed by atoms with Crippen LogP contribution in [0.15, 0.2) is 33.9 Å². The van der Waals surface area contributed by atoms with Crippen molar-refractivity contribution >= 4 is 34.4 Å². The third kappa shape index (κ3) is 2.86. The predicted octanol–water partition coefficient (Wildman–Crippen LogP) is 2.89. The van der Waals surface area contributed by atoms with E-state index < -0.39 is 0 Å². The van der Waals surface area contributed by atoms with E-state index in [1.807, 2.05) is 33.7 Å². The molecule has 0 spiro atoms. The topological polar surface area (TPSA) is 65.1 Å². The second-order valence-electron chi connectivity index (χ2n) is 6.87. The highest BCUT2D eigenvalue weighted by molar-refractivity contribution is 6.30. The van der Waals surface area contributed by atoms with Crippen LogP contribution in [0, 0.1) is 0 Å². The first kappa shape index (κ1) is 17.9. The first-order valence-corrected chi connectivity index (χ1v) is 9.64. The van der Waals surface area contributed by atoms with E-state index in [0.717, 1.165) is 31.5 Å². The zero-order chi connectivity index (χ0) is 19.1. The quantitative estimate of drug-likeness (QED) is 0.631. The molecule has 0 saturated heterocycles. The second kappa shape index (κ2) is 6.88. The van der Waals surface area contributed by atoms with Crippen LogP contribution < -0.4 is 16.1 Å². The zero-order valence-corrected chi connectivity index (χ0v) is 16.2. The molecule has 0 aliphatic carbocycles. The van der Waals surface area contributed by atoms with Crippen LogP contribution in [-0.4, -0.2) is 25.2 Å². The van der Waals surface area contributed by atoms with Crippen molar-refractivity contribution < 1.29 is 0 Å². The molecule has 0 amide bonds. The molecule has 3 heterocycles. The van der Waals surface area contributed by atoms with Gasteiger partial charge in [-0.25, -0.2) is 4.79 Å². The van der Waals surface area contributed by atoms with Crippen molar-refractivity contribution in [2.75, 3.05) is 11.4 Å². The fraction of sp³-hybridized carbons (Fsp3) is 0.421. The zero-order valence-electron chi connectivity index (χ0n) is 15.5. The molecule has 1 aliphatic rings. The molecule has 4 rings (SSSR count). The second-order valence-corrected chi connectivity index (χ2v) is 7.31. The number of aryl methyl sites for hydroxylation is 1. The Bertz CT molecular complexity index is 1110. The van der Waals surface area contributed by atoms with Crippen molar-refractivity contribution in [3.63, 3.8) is 0 Å². The number of imidazole rings is 1. The molecule has 8 heteroatoms. The van der Waals surface area contributed by atoms with E-state index >= 15 is 0 Å². The summed E-state index contributed by atoms with van der Waals surface area (Å²) in [6.45, 7) is 3.91. The number of benzene rings is 1. The highest BCUT2D eigenvalue weighted by Gasteiger charge is 2.28. The Morgan fingerprint density at radius 1 is 1.11 bits per heavy atom. The molecule has 0 unspecified atom stereocenters. The van der Waals surface area contributed by atoms with Crippen LogP contribution in [0.3, 0.4) is 0 Å². The first-order chi connectivity index (χ1) is 13.0. The number of aromatic nitrogens is 4. The van der Waals surface area contributed by atoms with E-state index in [1.54, 1.807) is 7.05 Å². The minimum absolute atomic E-state index is 0.249. The van der Waals surface area contributed by atoms with Gasteiger partial charge in [0.05, 0.1) is 0 Å². The molecule has 1 aliphatic heterocycles. The van der Waals surface area contributed by atoms with Gasteiger partial charge in [0.25, 0.3) is 5.56 Å². The van der Waals surface area contributed by atoms with Gasteiger partial charge in [-0.2, -0.15) is 4.98 Å².